The van der Waals surface area contributed by atoms with Crippen LogP contribution in [0.3, 0.4) is 0 Å². The van der Waals surface area contributed by atoms with Gasteiger partial charge in [0.05, 0.1) is 0 Å². The number of nitrogens with two attached hydrogens (primary N) is 1. The molecule has 0 aliphatic heterocycles. The molecule has 0 fully saturated rings. The quantitative estimate of drug-likeness (QED) is 0.572. The van der Waals surface area contributed by atoms with Gasteiger partial charge >= 0.3 is 0 Å². The highest BCUT2D eigenvalue weighted by molar-refractivity contribution is 5.91. The van der Waals surface area contributed by atoms with Crippen LogP contribution in [0, 0.1) is 13.8 Å². The van der Waals surface area contributed by atoms with Crippen molar-refractivity contribution in [3.63, 3.8) is 0 Å². The normalized spacial score (nSPS) is 10.5. The fourth-order valence-electron chi connectivity index (χ4n) is 2.07. The maximum absolute atomic E-state index is 11.9. The molecule has 0 spiro atoms. The third kappa shape index (κ3) is 5.33. The number of unbranched alkanes of at least 4 members (excludes halogenated alkanes) is 4. The Labute approximate surface area is 116 Å². The fourth-order valence-corrected chi connectivity index (χ4v) is 2.07. The van der Waals surface area contributed by atoms with Gasteiger partial charge in [-0.15, -0.1) is 0 Å². The third-order valence-corrected chi connectivity index (χ3v) is 3.39. The molecule has 1 amide bonds. The topological polar surface area (TPSA) is 55.1 Å². The summed E-state index contributed by atoms with van der Waals surface area (Å²) in [5.74, 6) is 0.101. The maximum atomic E-state index is 11.9. The molecule has 0 aliphatic rings. The first-order valence-corrected chi connectivity index (χ1v) is 7.21. The van der Waals surface area contributed by atoms with Crippen LogP contribution < -0.4 is 11.1 Å². The lowest BCUT2D eigenvalue weighted by Gasteiger charge is -2.11. The number of rotatable bonds is 7. The van der Waals surface area contributed by atoms with Crippen molar-refractivity contribution >= 4 is 17.3 Å². The highest BCUT2D eigenvalue weighted by atomic mass is 16.1. The molecule has 0 heterocycles. The maximum Gasteiger partial charge on any atom is 0.224 e. The van der Waals surface area contributed by atoms with Crippen molar-refractivity contribution in [2.75, 3.05) is 11.1 Å². The number of aryl methyl sites for hydroxylation is 2. The smallest absolute Gasteiger partial charge is 0.224 e. The Kier molecular flexibility index (Phi) is 6.40. The summed E-state index contributed by atoms with van der Waals surface area (Å²) in [5, 5.41) is 2.97. The van der Waals surface area contributed by atoms with E-state index in [1.54, 1.807) is 0 Å². The molecule has 0 aliphatic carbocycles. The molecule has 0 radical (unpaired) electrons. The van der Waals surface area contributed by atoms with Crippen LogP contribution in [0.4, 0.5) is 11.4 Å². The van der Waals surface area contributed by atoms with Crippen LogP contribution in [0.2, 0.25) is 0 Å². The Morgan fingerprint density at radius 2 is 1.79 bits per heavy atom. The molecule has 1 aromatic rings. The van der Waals surface area contributed by atoms with Crippen LogP contribution in [0.25, 0.3) is 0 Å². The van der Waals surface area contributed by atoms with E-state index in [9.17, 15) is 4.79 Å². The molecule has 3 nitrogen and oxygen atoms in total. The minimum absolute atomic E-state index is 0.101. The fraction of sp³-hybridized carbons (Fsp3) is 0.562. The lowest BCUT2D eigenvalue weighted by molar-refractivity contribution is -0.116. The number of amides is 1. The van der Waals surface area contributed by atoms with E-state index in [2.05, 4.69) is 12.2 Å². The van der Waals surface area contributed by atoms with Crippen molar-refractivity contribution in [2.45, 2.75) is 59.3 Å². The molecule has 19 heavy (non-hydrogen) atoms. The third-order valence-electron chi connectivity index (χ3n) is 3.39. The molecule has 0 saturated heterocycles. The number of hydrogen-bond donors (Lipinski definition) is 2. The van der Waals surface area contributed by atoms with E-state index in [0.717, 1.165) is 35.3 Å². The van der Waals surface area contributed by atoms with Crippen LogP contribution in [0.5, 0.6) is 0 Å². The molecule has 0 aromatic heterocycles. The number of benzene rings is 1. The van der Waals surface area contributed by atoms with Crippen LogP contribution in [-0.4, -0.2) is 5.91 Å². The van der Waals surface area contributed by atoms with E-state index in [0.29, 0.717) is 6.42 Å². The molecule has 0 unspecified atom stereocenters. The van der Waals surface area contributed by atoms with Gasteiger partial charge in [-0.25, -0.2) is 0 Å². The monoisotopic (exact) mass is 262 g/mol. The van der Waals surface area contributed by atoms with Crippen LogP contribution in [0.1, 0.15) is 56.6 Å². The average Bonchev–Trinajstić information content (AvgIpc) is 2.35. The number of nitrogen functional groups attached to an aromatic ring is 1. The molecule has 106 valence electrons. The van der Waals surface area contributed by atoms with Crippen molar-refractivity contribution in [1.82, 2.24) is 0 Å². The van der Waals surface area contributed by atoms with Crippen molar-refractivity contribution in [2.24, 2.45) is 0 Å². The summed E-state index contributed by atoms with van der Waals surface area (Å²) >= 11 is 0. The predicted octanol–water partition coefficient (Wildman–Crippen LogP) is 4.18. The van der Waals surface area contributed by atoms with Gasteiger partial charge in [-0.2, -0.15) is 0 Å². The van der Waals surface area contributed by atoms with E-state index >= 15 is 0 Å². The second kappa shape index (κ2) is 7.82. The predicted molar refractivity (Wildman–Crippen MR) is 82.3 cm³/mol. The zero-order chi connectivity index (χ0) is 14.3. The number of carbonyl (C=O) groups is 1. The summed E-state index contributed by atoms with van der Waals surface area (Å²) in [5.41, 5.74) is 9.51. The molecular weight excluding hydrogens is 236 g/mol. The number of hydrogen-bond acceptors (Lipinski definition) is 2. The largest absolute Gasteiger partial charge is 0.399 e. The first kappa shape index (κ1) is 15.5. The minimum atomic E-state index is 0.101. The number of carbonyl (C=O) groups excluding carboxylic acids is 1. The van der Waals surface area contributed by atoms with Gasteiger partial charge in [0.1, 0.15) is 0 Å². The lowest BCUT2D eigenvalue weighted by atomic mass is 10.1. The highest BCUT2D eigenvalue weighted by Gasteiger charge is 2.06. The van der Waals surface area contributed by atoms with Crippen molar-refractivity contribution in [3.8, 4) is 0 Å². The van der Waals surface area contributed by atoms with Gasteiger partial charge < -0.3 is 11.1 Å². The average molecular weight is 262 g/mol. The summed E-state index contributed by atoms with van der Waals surface area (Å²) in [6, 6.07) is 3.85. The highest BCUT2D eigenvalue weighted by Crippen LogP contribution is 2.22. The zero-order valence-electron chi connectivity index (χ0n) is 12.4. The summed E-state index contributed by atoms with van der Waals surface area (Å²) in [6.07, 6.45) is 6.43. The first-order valence-electron chi connectivity index (χ1n) is 7.21. The van der Waals surface area contributed by atoms with Gasteiger partial charge in [0.2, 0.25) is 5.91 Å². The summed E-state index contributed by atoms with van der Waals surface area (Å²) < 4.78 is 0. The van der Waals surface area contributed by atoms with Crippen LogP contribution >= 0.6 is 0 Å². The van der Waals surface area contributed by atoms with Gasteiger partial charge in [0.25, 0.3) is 0 Å². The molecule has 3 N–H and O–H groups in total. The molecule has 3 heteroatoms. The Morgan fingerprint density at radius 3 is 2.47 bits per heavy atom. The van der Waals surface area contributed by atoms with E-state index in [1.807, 2.05) is 26.0 Å². The standard InChI is InChI=1S/C16H26N2O/c1-4-5-6-7-8-9-16(19)18-15-11-12(2)14(17)10-13(15)3/h10-11H,4-9,17H2,1-3H3,(H,18,19). The van der Waals surface area contributed by atoms with Gasteiger partial charge in [0, 0.05) is 17.8 Å². The zero-order valence-corrected chi connectivity index (χ0v) is 12.4. The Morgan fingerprint density at radius 1 is 1.11 bits per heavy atom. The number of anilines is 2. The van der Waals surface area contributed by atoms with E-state index in [-0.39, 0.29) is 5.91 Å². The Hall–Kier alpha value is -1.51. The molecule has 0 atom stereocenters. The van der Waals surface area contributed by atoms with Crippen LogP contribution in [-0.2, 0) is 4.79 Å². The Bertz CT molecular complexity index is 427. The molecule has 0 bridgehead atoms. The second-order valence-electron chi connectivity index (χ2n) is 5.24. The van der Waals surface area contributed by atoms with Crippen molar-refractivity contribution in [1.29, 1.82) is 0 Å². The summed E-state index contributed by atoms with van der Waals surface area (Å²) in [4.78, 5) is 11.9. The van der Waals surface area contributed by atoms with Crippen LogP contribution in [0.15, 0.2) is 12.1 Å². The van der Waals surface area contributed by atoms with E-state index < -0.39 is 0 Å². The minimum Gasteiger partial charge on any atom is -0.399 e. The Balaban J connectivity index is 2.42. The molecular formula is C16H26N2O. The summed E-state index contributed by atoms with van der Waals surface area (Å²) in [6.45, 7) is 6.11. The second-order valence-corrected chi connectivity index (χ2v) is 5.24. The first-order chi connectivity index (χ1) is 9.04. The van der Waals surface area contributed by atoms with Gasteiger partial charge in [-0.1, -0.05) is 32.6 Å². The summed E-state index contributed by atoms with van der Waals surface area (Å²) in [7, 11) is 0. The SMILES string of the molecule is CCCCCCCC(=O)Nc1cc(C)c(N)cc1C. The van der Waals surface area contributed by atoms with Gasteiger partial charge in [-0.05, 0) is 43.5 Å². The molecule has 1 aromatic carbocycles. The van der Waals surface area contributed by atoms with Crippen molar-refractivity contribution in [3.05, 3.63) is 23.3 Å². The van der Waals surface area contributed by atoms with E-state index in [1.165, 1.54) is 19.3 Å². The molecule has 0 saturated carbocycles. The number of nitrogens with one attached hydrogen (secondary N) is 1. The van der Waals surface area contributed by atoms with Gasteiger partial charge in [-0.3, -0.25) is 4.79 Å². The molecule has 1 rings (SSSR count). The lowest BCUT2D eigenvalue weighted by Crippen LogP contribution is -2.12. The van der Waals surface area contributed by atoms with Crippen molar-refractivity contribution < 1.29 is 4.79 Å². The van der Waals surface area contributed by atoms with Gasteiger partial charge in [0.15, 0.2) is 0 Å². The van der Waals surface area contributed by atoms with E-state index in [4.69, 9.17) is 5.73 Å².